The minimum Gasteiger partial charge on any atom is -0.452 e. The van der Waals surface area contributed by atoms with Crippen LogP contribution in [0, 0.1) is 0 Å². The number of carbonyl (C=O) groups is 2. The van der Waals surface area contributed by atoms with Crippen molar-refractivity contribution in [3.63, 3.8) is 0 Å². The molecule has 0 aliphatic heterocycles. The molecular formula is C24H24N2O4. The van der Waals surface area contributed by atoms with Crippen LogP contribution in [0.4, 0.5) is 0 Å². The molecule has 154 valence electrons. The highest BCUT2D eigenvalue weighted by atomic mass is 16.5. The number of rotatable bonds is 6. The molecule has 0 saturated heterocycles. The van der Waals surface area contributed by atoms with Crippen molar-refractivity contribution in [1.82, 2.24) is 10.3 Å². The van der Waals surface area contributed by atoms with Crippen LogP contribution in [0.1, 0.15) is 48.4 Å². The molecule has 2 aromatic carbocycles. The fourth-order valence-electron chi connectivity index (χ4n) is 3.67. The second-order valence-electron chi connectivity index (χ2n) is 7.49. The Morgan fingerprint density at radius 3 is 2.80 bits per heavy atom. The van der Waals surface area contributed by atoms with Crippen LogP contribution < -0.4 is 5.32 Å². The van der Waals surface area contributed by atoms with Crippen molar-refractivity contribution in [2.45, 2.75) is 38.6 Å². The number of aryl methyl sites for hydroxylation is 2. The first-order valence-electron chi connectivity index (χ1n) is 10.2. The molecule has 0 radical (unpaired) electrons. The van der Waals surface area contributed by atoms with E-state index < -0.39 is 5.97 Å². The van der Waals surface area contributed by atoms with Crippen molar-refractivity contribution in [2.24, 2.45) is 0 Å². The van der Waals surface area contributed by atoms with Crippen LogP contribution >= 0.6 is 0 Å². The second kappa shape index (κ2) is 8.95. The van der Waals surface area contributed by atoms with E-state index in [4.69, 9.17) is 9.15 Å². The highest BCUT2D eigenvalue weighted by Gasteiger charge is 2.15. The zero-order valence-electron chi connectivity index (χ0n) is 16.9. The summed E-state index contributed by atoms with van der Waals surface area (Å²) < 4.78 is 10.5. The topological polar surface area (TPSA) is 81.4 Å². The fraction of sp³-hybridized carbons (Fsp3) is 0.292. The molecule has 1 N–H and O–H groups in total. The van der Waals surface area contributed by atoms with Gasteiger partial charge in [0, 0.05) is 12.2 Å². The van der Waals surface area contributed by atoms with Crippen LogP contribution in [-0.2, 0) is 27.2 Å². The molecule has 3 aromatic rings. The molecular weight excluding hydrogens is 380 g/mol. The molecule has 1 atom stereocenters. The van der Waals surface area contributed by atoms with E-state index >= 15 is 0 Å². The molecule has 1 aromatic heterocycles. The zero-order valence-corrected chi connectivity index (χ0v) is 16.9. The Morgan fingerprint density at radius 2 is 1.97 bits per heavy atom. The molecule has 0 saturated carbocycles. The minimum atomic E-state index is -0.631. The maximum Gasteiger partial charge on any atom is 0.331 e. The Labute approximate surface area is 174 Å². The molecule has 0 bridgehead atoms. The first-order chi connectivity index (χ1) is 14.6. The Balaban J connectivity index is 1.27. The molecule has 0 unspecified atom stereocenters. The van der Waals surface area contributed by atoms with Gasteiger partial charge < -0.3 is 14.5 Å². The van der Waals surface area contributed by atoms with Gasteiger partial charge >= 0.3 is 5.97 Å². The van der Waals surface area contributed by atoms with Crippen LogP contribution in [0.25, 0.3) is 17.2 Å². The lowest BCUT2D eigenvalue weighted by Crippen LogP contribution is -2.31. The van der Waals surface area contributed by atoms with Gasteiger partial charge in [0.15, 0.2) is 12.2 Å². The van der Waals surface area contributed by atoms with Crippen LogP contribution in [-0.4, -0.2) is 23.5 Å². The molecule has 1 aliphatic rings. The number of fused-ring (bicyclic) bond motifs is 2. The third-order valence-corrected chi connectivity index (χ3v) is 5.27. The maximum atomic E-state index is 12.2. The highest BCUT2D eigenvalue weighted by molar-refractivity contribution is 5.89. The average molecular weight is 404 g/mol. The molecule has 1 aliphatic carbocycles. The summed E-state index contributed by atoms with van der Waals surface area (Å²) in [6.07, 6.45) is 7.30. The number of benzene rings is 2. The lowest BCUT2D eigenvalue weighted by atomic mass is 9.89. The van der Waals surface area contributed by atoms with E-state index in [9.17, 15) is 9.59 Å². The van der Waals surface area contributed by atoms with Gasteiger partial charge in [-0.3, -0.25) is 4.79 Å². The number of amides is 1. The molecule has 0 spiro atoms. The van der Waals surface area contributed by atoms with E-state index in [0.29, 0.717) is 17.0 Å². The van der Waals surface area contributed by atoms with Gasteiger partial charge in [0.1, 0.15) is 5.52 Å². The van der Waals surface area contributed by atoms with Crippen molar-refractivity contribution in [3.8, 4) is 0 Å². The van der Waals surface area contributed by atoms with Gasteiger partial charge in [-0.1, -0.05) is 30.3 Å². The molecule has 6 heteroatoms. The summed E-state index contributed by atoms with van der Waals surface area (Å²) in [5.74, 6) is -0.670. The van der Waals surface area contributed by atoms with Gasteiger partial charge in [0.05, 0.1) is 6.04 Å². The van der Waals surface area contributed by atoms with E-state index in [2.05, 4.69) is 28.5 Å². The lowest BCUT2D eigenvalue weighted by Gasteiger charge is -2.20. The Hall–Kier alpha value is -3.41. The summed E-state index contributed by atoms with van der Waals surface area (Å²) in [6.45, 7) is 1.59. The molecule has 30 heavy (non-hydrogen) atoms. The molecule has 1 heterocycles. The first kappa shape index (κ1) is 19.9. The van der Waals surface area contributed by atoms with Gasteiger partial charge in [0.25, 0.3) is 5.91 Å². The quantitative estimate of drug-likeness (QED) is 0.493. The second-order valence-corrected chi connectivity index (χ2v) is 7.49. The maximum absolute atomic E-state index is 12.2. The average Bonchev–Trinajstić information content (AvgIpc) is 3.19. The van der Waals surface area contributed by atoms with Crippen molar-refractivity contribution in [1.29, 1.82) is 0 Å². The summed E-state index contributed by atoms with van der Waals surface area (Å²) in [5.41, 5.74) is 5.19. The van der Waals surface area contributed by atoms with Gasteiger partial charge in [-0.25, -0.2) is 9.78 Å². The third kappa shape index (κ3) is 4.76. The zero-order chi connectivity index (χ0) is 20.9. The van der Waals surface area contributed by atoms with Crippen molar-refractivity contribution < 1.29 is 18.7 Å². The SMILES string of the molecule is C[C@H](NC(=O)COC(=O)/C=C/c1nc2ccccc2o1)c1ccc2c(c1)CCCC2. The number of nitrogens with one attached hydrogen (secondary N) is 1. The predicted octanol–water partition coefficient (Wildman–Crippen LogP) is 4.14. The lowest BCUT2D eigenvalue weighted by molar-refractivity contribution is -0.144. The van der Waals surface area contributed by atoms with Gasteiger partial charge in [-0.2, -0.15) is 0 Å². The summed E-state index contributed by atoms with van der Waals surface area (Å²) in [5, 5.41) is 2.88. The van der Waals surface area contributed by atoms with E-state index in [0.717, 1.165) is 18.4 Å². The first-order valence-corrected chi connectivity index (χ1v) is 10.2. The smallest absolute Gasteiger partial charge is 0.331 e. The van der Waals surface area contributed by atoms with Crippen molar-refractivity contribution in [2.75, 3.05) is 6.61 Å². The van der Waals surface area contributed by atoms with E-state index in [-0.39, 0.29) is 18.6 Å². The number of carbonyl (C=O) groups excluding carboxylic acids is 2. The Kier molecular flexibility index (Phi) is 5.93. The molecule has 1 amide bonds. The molecule has 0 fully saturated rings. The summed E-state index contributed by atoms with van der Waals surface area (Å²) in [4.78, 5) is 28.3. The van der Waals surface area contributed by atoms with Crippen molar-refractivity contribution in [3.05, 3.63) is 71.1 Å². The number of esters is 1. The summed E-state index contributed by atoms with van der Waals surface area (Å²) >= 11 is 0. The predicted molar refractivity (Wildman–Crippen MR) is 114 cm³/mol. The number of hydrogen-bond donors (Lipinski definition) is 1. The number of hydrogen-bond acceptors (Lipinski definition) is 5. The van der Waals surface area contributed by atoms with Gasteiger partial charge in [0.2, 0.25) is 5.89 Å². The van der Waals surface area contributed by atoms with Crippen molar-refractivity contribution >= 4 is 29.1 Å². The van der Waals surface area contributed by atoms with Gasteiger partial charge in [-0.15, -0.1) is 0 Å². The standard InChI is InChI=1S/C24H24N2O4/c1-16(18-11-10-17-6-2-3-7-19(17)14-18)25-22(27)15-29-24(28)13-12-23-26-20-8-4-5-9-21(20)30-23/h4-5,8-14,16H,2-3,6-7,15H2,1H3,(H,25,27)/b13-12+/t16-/m0/s1. The number of nitrogens with zero attached hydrogens (tertiary/aromatic N) is 1. The summed E-state index contributed by atoms with van der Waals surface area (Å²) in [6, 6.07) is 13.6. The normalized spacial score (nSPS) is 14.4. The largest absolute Gasteiger partial charge is 0.452 e. The van der Waals surface area contributed by atoms with Gasteiger partial charge in [-0.05, 0) is 61.4 Å². The Morgan fingerprint density at radius 1 is 1.17 bits per heavy atom. The highest BCUT2D eigenvalue weighted by Crippen LogP contribution is 2.24. The number of oxazole rings is 1. The van der Waals surface area contributed by atoms with Crippen LogP contribution in [0.3, 0.4) is 0 Å². The monoisotopic (exact) mass is 404 g/mol. The number of aromatic nitrogens is 1. The van der Waals surface area contributed by atoms with Crippen LogP contribution in [0.2, 0.25) is 0 Å². The third-order valence-electron chi connectivity index (χ3n) is 5.27. The van der Waals surface area contributed by atoms with E-state index in [1.54, 1.807) is 6.07 Å². The molecule has 4 rings (SSSR count). The molecule has 6 nitrogen and oxygen atoms in total. The summed E-state index contributed by atoms with van der Waals surface area (Å²) in [7, 11) is 0. The van der Waals surface area contributed by atoms with Crippen LogP contribution in [0.15, 0.2) is 53.0 Å². The fourth-order valence-corrected chi connectivity index (χ4v) is 3.67. The van der Waals surface area contributed by atoms with E-state index in [1.807, 2.05) is 25.1 Å². The number of para-hydroxylation sites is 2. The number of ether oxygens (including phenoxy) is 1. The Bertz CT molecular complexity index is 1070. The van der Waals surface area contributed by atoms with Crippen LogP contribution in [0.5, 0.6) is 0 Å². The van der Waals surface area contributed by atoms with E-state index in [1.165, 1.54) is 36.1 Å². The minimum absolute atomic E-state index is 0.154.